The van der Waals surface area contributed by atoms with Gasteiger partial charge in [-0.05, 0) is 58.5 Å². The summed E-state index contributed by atoms with van der Waals surface area (Å²) in [6.07, 6.45) is -9.78. The van der Waals surface area contributed by atoms with Crippen LogP contribution in [0.1, 0.15) is 55.5 Å². The summed E-state index contributed by atoms with van der Waals surface area (Å²) in [6, 6.07) is 53.9. The Morgan fingerprint density at radius 3 is 1.69 bits per heavy atom. The fourth-order valence-corrected chi connectivity index (χ4v) is 8.10. The predicted octanol–water partition coefficient (Wildman–Crippen LogP) is 8.95. The molecule has 2 fully saturated rings. The third-order valence-corrected chi connectivity index (χ3v) is 11.7. The quantitative estimate of drug-likeness (QED) is 0.0578. The second-order valence-corrected chi connectivity index (χ2v) is 16.6. The first-order chi connectivity index (χ1) is 33.3. The van der Waals surface area contributed by atoms with Gasteiger partial charge in [0.25, 0.3) is 0 Å². The van der Waals surface area contributed by atoms with Crippen LogP contribution in [-0.4, -0.2) is 79.0 Å². The molecule has 2 aliphatic heterocycles. The molecular formula is C56H56O12. The molecule has 8 rings (SSSR count). The summed E-state index contributed by atoms with van der Waals surface area (Å²) in [5, 5.41) is 12.1. The Bertz CT molecular complexity index is 2490. The van der Waals surface area contributed by atoms with Crippen molar-refractivity contribution in [3.63, 3.8) is 0 Å². The van der Waals surface area contributed by atoms with E-state index in [1.54, 1.807) is 61.5 Å². The zero-order chi connectivity index (χ0) is 47.1. The number of rotatable bonds is 20. The summed E-state index contributed by atoms with van der Waals surface area (Å²) in [5.74, 6) is -1.22. The molecule has 2 aliphatic rings. The molecule has 0 aromatic heterocycles. The average molecular weight is 921 g/mol. The Morgan fingerprint density at radius 1 is 0.544 bits per heavy atom. The van der Waals surface area contributed by atoms with Crippen LogP contribution in [0.2, 0.25) is 0 Å². The minimum atomic E-state index is -1.41. The molecule has 2 heterocycles. The van der Waals surface area contributed by atoms with Crippen molar-refractivity contribution in [3.8, 4) is 0 Å². The van der Waals surface area contributed by atoms with Gasteiger partial charge < -0.3 is 47.7 Å². The zero-order valence-electron chi connectivity index (χ0n) is 37.8. The number of benzene rings is 6. The first-order valence-corrected chi connectivity index (χ1v) is 22.7. The van der Waals surface area contributed by atoms with Crippen molar-refractivity contribution in [2.45, 2.75) is 95.3 Å². The van der Waals surface area contributed by atoms with Gasteiger partial charge in [-0.25, -0.2) is 9.59 Å². The highest BCUT2D eigenvalue weighted by Crippen LogP contribution is 2.36. The number of ether oxygens (including phenoxy) is 9. The van der Waals surface area contributed by atoms with E-state index >= 15 is 0 Å². The minimum Gasteiger partial charge on any atom is -0.457 e. The SMILES string of the molecule is C=C1[C@H](O)[C@@H](O[C@@H]2[C@@H](OCc3ccccc3)[C@H](C)O[C@@H](OCc3ccccc3C(=O)OCc3ccccc3)[C@@H]2OC(=O)c2ccccc2)O[C@H](COCc2ccccc2)[C@H]1OCc1ccccc1. The van der Waals surface area contributed by atoms with Crippen LogP contribution in [0.4, 0.5) is 0 Å². The minimum absolute atomic E-state index is 0.0589. The number of carbonyl (C=O) groups is 2. The molecule has 9 atom stereocenters. The monoisotopic (exact) mass is 920 g/mol. The molecule has 0 radical (unpaired) electrons. The first kappa shape index (κ1) is 48.1. The second kappa shape index (κ2) is 24.1. The fraction of sp³-hybridized carbons (Fsp3) is 0.286. The molecule has 6 aromatic carbocycles. The number of hydrogen-bond donors (Lipinski definition) is 1. The van der Waals surface area contributed by atoms with Crippen LogP contribution in [-0.2, 0) is 75.7 Å². The molecular weight excluding hydrogens is 865 g/mol. The lowest BCUT2D eigenvalue weighted by Gasteiger charge is -2.47. The van der Waals surface area contributed by atoms with E-state index < -0.39 is 67.2 Å². The van der Waals surface area contributed by atoms with Gasteiger partial charge in [0.15, 0.2) is 18.7 Å². The third kappa shape index (κ3) is 12.8. The Balaban J connectivity index is 1.09. The van der Waals surface area contributed by atoms with Crippen LogP contribution in [0.25, 0.3) is 0 Å². The van der Waals surface area contributed by atoms with Gasteiger partial charge in [-0.2, -0.15) is 0 Å². The normalized spacial score (nSPS) is 23.7. The molecule has 0 spiro atoms. The van der Waals surface area contributed by atoms with Crippen molar-refractivity contribution in [1.29, 1.82) is 0 Å². The number of aliphatic hydroxyl groups is 1. The second-order valence-electron chi connectivity index (χ2n) is 16.6. The topological polar surface area (TPSA) is 137 Å². The third-order valence-electron chi connectivity index (χ3n) is 11.7. The smallest absolute Gasteiger partial charge is 0.338 e. The fourth-order valence-electron chi connectivity index (χ4n) is 8.10. The van der Waals surface area contributed by atoms with Crippen molar-refractivity contribution in [2.75, 3.05) is 6.61 Å². The van der Waals surface area contributed by atoms with Gasteiger partial charge in [-0.15, -0.1) is 0 Å². The standard InChI is InChI=1S/C56H56O12/c1-38-48(57)55(66-47(37-60-32-40-20-8-3-9-21-40)49(38)61-33-41-22-10-4-11-23-41)68-51-50(62-34-42-24-12-5-13-25-42)39(2)65-56(52(51)67-53(58)44-28-16-7-17-29-44)64-36-45-30-18-19-31-46(45)54(59)63-35-43-26-14-6-15-27-43/h3-31,39,47-52,55-57H,1,32-37H2,2H3/t39-,47+,48-,49-,50-,51+,52+,55+,56+/m0/s1. The van der Waals surface area contributed by atoms with Gasteiger partial charge in [0.2, 0.25) is 0 Å². The van der Waals surface area contributed by atoms with E-state index in [9.17, 15) is 14.7 Å². The summed E-state index contributed by atoms with van der Waals surface area (Å²) in [6.45, 7) is 6.77. The predicted molar refractivity (Wildman–Crippen MR) is 252 cm³/mol. The van der Waals surface area contributed by atoms with E-state index in [1.807, 2.05) is 121 Å². The van der Waals surface area contributed by atoms with Crippen LogP contribution < -0.4 is 0 Å². The van der Waals surface area contributed by atoms with Gasteiger partial charge in [0.05, 0.1) is 50.3 Å². The Hall–Kier alpha value is -6.32. The molecule has 0 aliphatic carbocycles. The van der Waals surface area contributed by atoms with E-state index in [1.165, 1.54) is 0 Å². The number of aliphatic hydroxyl groups excluding tert-OH is 1. The summed E-state index contributed by atoms with van der Waals surface area (Å²) in [5.41, 5.74) is 5.00. The van der Waals surface area contributed by atoms with E-state index in [-0.39, 0.29) is 38.6 Å². The highest BCUT2D eigenvalue weighted by atomic mass is 16.8. The summed E-state index contributed by atoms with van der Waals surface area (Å²) in [4.78, 5) is 27.6. The molecule has 352 valence electrons. The van der Waals surface area contributed by atoms with E-state index in [2.05, 4.69) is 6.58 Å². The van der Waals surface area contributed by atoms with E-state index in [0.29, 0.717) is 23.3 Å². The number of hydrogen-bond acceptors (Lipinski definition) is 12. The van der Waals surface area contributed by atoms with Gasteiger partial charge in [0, 0.05) is 0 Å². The average Bonchev–Trinajstić information content (AvgIpc) is 3.38. The molecule has 0 amide bonds. The molecule has 2 saturated heterocycles. The first-order valence-electron chi connectivity index (χ1n) is 22.7. The van der Waals surface area contributed by atoms with E-state index in [0.717, 1.165) is 22.3 Å². The van der Waals surface area contributed by atoms with E-state index in [4.69, 9.17) is 42.6 Å². The molecule has 6 aromatic rings. The molecule has 0 saturated carbocycles. The molecule has 0 bridgehead atoms. The number of esters is 2. The van der Waals surface area contributed by atoms with Crippen molar-refractivity contribution in [1.82, 2.24) is 0 Å². The Kier molecular flexibility index (Phi) is 17.1. The van der Waals surface area contributed by atoms with Crippen molar-refractivity contribution in [2.24, 2.45) is 0 Å². The van der Waals surface area contributed by atoms with Gasteiger partial charge in [-0.1, -0.05) is 164 Å². The maximum atomic E-state index is 14.1. The van der Waals surface area contributed by atoms with Gasteiger partial charge in [0.1, 0.15) is 37.1 Å². The van der Waals surface area contributed by atoms with Crippen molar-refractivity contribution < 1.29 is 57.3 Å². The molecule has 0 unspecified atom stereocenters. The van der Waals surface area contributed by atoms with Crippen LogP contribution in [0.5, 0.6) is 0 Å². The highest BCUT2D eigenvalue weighted by molar-refractivity contribution is 5.91. The molecule has 12 heteroatoms. The maximum Gasteiger partial charge on any atom is 0.338 e. The molecule has 12 nitrogen and oxygen atoms in total. The summed E-state index contributed by atoms with van der Waals surface area (Å²) >= 11 is 0. The van der Waals surface area contributed by atoms with Crippen molar-refractivity contribution in [3.05, 3.63) is 227 Å². The lowest BCUT2D eigenvalue weighted by atomic mass is 9.95. The van der Waals surface area contributed by atoms with Crippen molar-refractivity contribution >= 4 is 11.9 Å². The van der Waals surface area contributed by atoms with Crippen LogP contribution in [0, 0.1) is 0 Å². The number of carbonyl (C=O) groups excluding carboxylic acids is 2. The largest absolute Gasteiger partial charge is 0.457 e. The lowest BCUT2D eigenvalue weighted by Crippen LogP contribution is -2.63. The van der Waals surface area contributed by atoms with Crippen LogP contribution >= 0.6 is 0 Å². The summed E-state index contributed by atoms with van der Waals surface area (Å²) < 4.78 is 57.9. The van der Waals surface area contributed by atoms with Crippen LogP contribution in [0.3, 0.4) is 0 Å². The lowest BCUT2D eigenvalue weighted by molar-refractivity contribution is -0.347. The zero-order valence-corrected chi connectivity index (χ0v) is 37.8. The van der Waals surface area contributed by atoms with Gasteiger partial charge in [-0.3, -0.25) is 0 Å². The Morgan fingerprint density at radius 2 is 1.07 bits per heavy atom. The Labute approximate surface area is 396 Å². The molecule has 1 N–H and O–H groups in total. The maximum absolute atomic E-state index is 14.1. The summed E-state index contributed by atoms with van der Waals surface area (Å²) in [7, 11) is 0. The highest BCUT2D eigenvalue weighted by Gasteiger charge is 2.52. The molecule has 68 heavy (non-hydrogen) atoms. The van der Waals surface area contributed by atoms with Crippen LogP contribution in [0.15, 0.2) is 188 Å². The van der Waals surface area contributed by atoms with Gasteiger partial charge >= 0.3 is 11.9 Å².